The summed E-state index contributed by atoms with van der Waals surface area (Å²) in [4.78, 5) is 0. The van der Waals surface area contributed by atoms with Crippen molar-refractivity contribution >= 4 is 53.2 Å². The van der Waals surface area contributed by atoms with Gasteiger partial charge in [0.2, 0.25) is 0 Å². The van der Waals surface area contributed by atoms with Crippen LogP contribution in [0, 0.1) is 14.9 Å². The Hall–Kier alpha value is -2.22. The molecule has 6 aromatic carbocycles. The Bertz CT molecular complexity index is 1380. The van der Waals surface area contributed by atoms with Gasteiger partial charge >= 0.3 is 30.2 Å². The van der Waals surface area contributed by atoms with E-state index in [9.17, 15) is 0 Å². The SMILES string of the molecule is Cl.Cl.[CH3-].[CH3-].[Si]=[Zr].c1ccc(-c2cc3c(-c4ccccc4)cccc3[cH-]2)cc1.c1ccc2[cH-]ccc2c1. The second-order valence-corrected chi connectivity index (χ2v) is 7.44. The third-order valence-electron chi connectivity index (χ3n) is 5.49. The van der Waals surface area contributed by atoms with Crippen LogP contribution < -0.4 is 0 Å². The van der Waals surface area contributed by atoms with Crippen molar-refractivity contribution in [2.75, 3.05) is 0 Å². The quantitative estimate of drug-likeness (QED) is 0.136. The van der Waals surface area contributed by atoms with E-state index in [0.717, 1.165) is 0 Å². The van der Waals surface area contributed by atoms with Crippen molar-refractivity contribution in [3.63, 3.8) is 0 Å². The fourth-order valence-corrected chi connectivity index (χ4v) is 3.97. The van der Waals surface area contributed by atoms with Gasteiger partial charge in [0.25, 0.3) is 0 Å². The van der Waals surface area contributed by atoms with E-state index >= 15 is 0 Å². The Morgan fingerprint density at radius 2 is 1.11 bits per heavy atom. The van der Waals surface area contributed by atoms with Crippen molar-refractivity contribution in [3.05, 3.63) is 148 Å². The summed E-state index contributed by atoms with van der Waals surface area (Å²) in [6.07, 6.45) is 0. The molecular weight excluding hydrogens is 575 g/mol. The molecule has 2 radical (unpaired) electrons. The Morgan fingerprint density at radius 3 is 1.75 bits per heavy atom. The molecule has 0 spiro atoms. The minimum Gasteiger partial charge on any atom is -0.168 e. The molecule has 6 rings (SSSR count). The molecule has 0 amide bonds. The van der Waals surface area contributed by atoms with Gasteiger partial charge in [-0.3, -0.25) is 0 Å². The van der Waals surface area contributed by atoms with E-state index in [2.05, 4.69) is 140 Å². The van der Waals surface area contributed by atoms with Crippen LogP contribution in [0.3, 0.4) is 0 Å². The smallest absolute Gasteiger partial charge is 0.0259 e. The van der Waals surface area contributed by atoms with Gasteiger partial charge in [0.15, 0.2) is 0 Å². The molecule has 0 unspecified atom stereocenters. The molecule has 0 heterocycles. The van der Waals surface area contributed by atoms with Crippen molar-refractivity contribution in [3.8, 4) is 22.3 Å². The third kappa shape index (κ3) is 8.15. The Kier molecular flexibility index (Phi) is 16.2. The van der Waals surface area contributed by atoms with Crippen LogP contribution in [-0.4, -0.2) is 6.88 Å². The van der Waals surface area contributed by atoms with E-state index in [-0.39, 0.29) is 39.7 Å². The summed E-state index contributed by atoms with van der Waals surface area (Å²) in [5.41, 5.74) is 5.13. The maximum Gasteiger partial charge on any atom is -0.0259 e. The summed E-state index contributed by atoms with van der Waals surface area (Å²) in [5.74, 6) is 0. The number of fused-ring (bicyclic) bond motifs is 2. The second kappa shape index (κ2) is 17.3. The topological polar surface area (TPSA) is 0 Å². The van der Waals surface area contributed by atoms with Gasteiger partial charge in [0.1, 0.15) is 0 Å². The third-order valence-corrected chi connectivity index (χ3v) is 5.49. The molecule has 0 aliphatic heterocycles. The van der Waals surface area contributed by atoms with Crippen LogP contribution in [-0.2, 0) is 23.3 Å². The van der Waals surface area contributed by atoms with Crippen LogP contribution in [0.15, 0.2) is 133 Å². The van der Waals surface area contributed by atoms with Gasteiger partial charge in [0, 0.05) is 0 Å². The molecule has 36 heavy (non-hydrogen) atoms. The fourth-order valence-electron chi connectivity index (χ4n) is 3.97. The monoisotopic (exact) mass is 602 g/mol. The predicted octanol–water partition coefficient (Wildman–Crippen LogP) is 9.81. The van der Waals surface area contributed by atoms with Crippen molar-refractivity contribution in [2.45, 2.75) is 0 Å². The summed E-state index contributed by atoms with van der Waals surface area (Å²) in [7, 11) is 0. The van der Waals surface area contributed by atoms with Crippen molar-refractivity contribution in [1.29, 1.82) is 0 Å². The van der Waals surface area contributed by atoms with Crippen molar-refractivity contribution < 1.29 is 23.3 Å². The van der Waals surface area contributed by atoms with E-state index in [0.29, 0.717) is 0 Å². The van der Waals surface area contributed by atoms with Crippen LogP contribution in [0.2, 0.25) is 0 Å². The number of benzene rings is 4. The van der Waals surface area contributed by atoms with E-state index < -0.39 is 0 Å². The van der Waals surface area contributed by atoms with Gasteiger partial charge in [-0.2, -0.15) is 17.5 Å². The zero-order valence-electron chi connectivity index (χ0n) is 20.5. The Balaban J connectivity index is 0.000000700. The summed E-state index contributed by atoms with van der Waals surface area (Å²) in [6, 6.07) is 46.9. The van der Waals surface area contributed by atoms with E-state index in [1.807, 2.05) is 0 Å². The van der Waals surface area contributed by atoms with E-state index in [1.165, 1.54) is 67.1 Å². The van der Waals surface area contributed by atoms with Gasteiger partial charge in [-0.1, -0.05) is 90.0 Å². The minimum absolute atomic E-state index is 0. The zero-order chi connectivity index (χ0) is 22.2. The summed E-state index contributed by atoms with van der Waals surface area (Å²) >= 11 is 1.36. The number of hydrogen-bond donors (Lipinski definition) is 0. The number of hydrogen-bond acceptors (Lipinski definition) is 0. The molecule has 6 aromatic rings. The molecule has 0 N–H and O–H groups in total. The number of rotatable bonds is 2. The molecule has 0 fully saturated rings. The molecule has 4 heteroatoms. The van der Waals surface area contributed by atoms with Gasteiger partial charge in [-0.25, -0.2) is 0 Å². The molecule has 0 saturated heterocycles. The molecule has 0 aliphatic rings. The maximum atomic E-state index is 3.06. The van der Waals surface area contributed by atoms with Gasteiger partial charge in [-0.05, 0) is 5.56 Å². The van der Waals surface area contributed by atoms with E-state index in [1.54, 1.807) is 0 Å². The molecule has 0 bridgehead atoms. The average Bonchev–Trinajstić information content (AvgIpc) is 3.54. The minimum atomic E-state index is 0. The van der Waals surface area contributed by atoms with Gasteiger partial charge in [-0.15, -0.1) is 89.0 Å². The first-order chi connectivity index (χ1) is 15.9. The molecule has 0 aromatic heterocycles. The molecule has 184 valence electrons. The molecule has 0 saturated carbocycles. The first-order valence-electron chi connectivity index (χ1n) is 10.5. The van der Waals surface area contributed by atoms with Crippen LogP contribution in [0.5, 0.6) is 0 Å². The molecular formula is C32H30Cl2SiZr-4. The van der Waals surface area contributed by atoms with Crippen molar-refractivity contribution in [2.24, 2.45) is 0 Å². The summed E-state index contributed by atoms with van der Waals surface area (Å²) < 4.78 is 0. The Labute approximate surface area is 245 Å². The molecule has 0 atom stereocenters. The zero-order valence-corrected chi connectivity index (χ0v) is 25.6. The normalized spacial score (nSPS) is 8.97. The van der Waals surface area contributed by atoms with Crippen LogP contribution in [0.4, 0.5) is 0 Å². The predicted molar refractivity (Wildman–Crippen MR) is 163 cm³/mol. The first-order valence-corrected chi connectivity index (χ1v) is 14.7. The second-order valence-electron chi connectivity index (χ2n) is 7.44. The standard InChI is InChI=1S/C21H15.C9H7.2CH3.2ClH.Si.Zr/c1-3-8-16(9-4-1)19-14-18-12-7-13-20(21(18)15-19)17-10-5-2-6-11-17;1-2-5-9-7-3-6-8(9)4-1;;;;;;/h1-15H;1-7H;2*1H3;2*1H;;/q4*-1;;;;. The first kappa shape index (κ1) is 33.8. The van der Waals surface area contributed by atoms with Crippen LogP contribution in [0.25, 0.3) is 43.8 Å². The van der Waals surface area contributed by atoms with Crippen LogP contribution in [0.1, 0.15) is 0 Å². The molecule has 0 nitrogen and oxygen atoms in total. The average molecular weight is 605 g/mol. The summed E-state index contributed by atoms with van der Waals surface area (Å²) in [6.45, 7) is 3.06. The maximum absolute atomic E-state index is 3.06. The van der Waals surface area contributed by atoms with Gasteiger partial charge in [0.05, 0.1) is 0 Å². The van der Waals surface area contributed by atoms with E-state index in [4.69, 9.17) is 0 Å². The van der Waals surface area contributed by atoms with Crippen molar-refractivity contribution in [1.82, 2.24) is 0 Å². The largest absolute Gasteiger partial charge is 0.168 e. The summed E-state index contributed by atoms with van der Waals surface area (Å²) in [5, 5.41) is 5.28. The Morgan fingerprint density at radius 1 is 0.556 bits per heavy atom. The number of halogens is 2. The molecule has 0 aliphatic carbocycles. The van der Waals surface area contributed by atoms with Crippen LogP contribution >= 0.6 is 24.8 Å². The van der Waals surface area contributed by atoms with Gasteiger partial charge < -0.3 is 14.9 Å². The fraction of sp³-hybridized carbons (Fsp3) is 0.